The lowest BCUT2D eigenvalue weighted by Gasteiger charge is -2.37. The van der Waals surface area contributed by atoms with Crippen molar-refractivity contribution in [2.75, 3.05) is 19.7 Å². The van der Waals surface area contributed by atoms with Gasteiger partial charge in [-0.1, -0.05) is 20.8 Å². The highest BCUT2D eigenvalue weighted by Crippen LogP contribution is 2.38. The number of nitrogens with zero attached hydrogens (tertiary/aromatic N) is 1. The maximum Gasteiger partial charge on any atom is 0.407 e. The molecule has 0 saturated carbocycles. The lowest BCUT2D eigenvalue weighted by Crippen LogP contribution is -2.55. The molecule has 1 aromatic carbocycles. The van der Waals surface area contributed by atoms with Gasteiger partial charge in [-0.2, -0.15) is 0 Å². The van der Waals surface area contributed by atoms with Crippen LogP contribution in [0.5, 0.6) is 5.75 Å². The van der Waals surface area contributed by atoms with Crippen molar-refractivity contribution >= 4 is 14.4 Å². The summed E-state index contributed by atoms with van der Waals surface area (Å²) in [5, 5.41) is 9.04. The van der Waals surface area contributed by atoms with E-state index in [0.717, 1.165) is 17.5 Å². The van der Waals surface area contributed by atoms with E-state index in [0.29, 0.717) is 37.8 Å². The molecule has 1 unspecified atom stereocenters. The topological polar surface area (TPSA) is 59.0 Å². The lowest BCUT2D eigenvalue weighted by atomic mass is 10.1. The van der Waals surface area contributed by atoms with E-state index in [1.54, 1.807) is 0 Å². The summed E-state index contributed by atoms with van der Waals surface area (Å²) in [7, 11) is -1.81. The van der Waals surface area contributed by atoms with Gasteiger partial charge in [-0.3, -0.25) is 0 Å². The Bertz CT molecular complexity index is 725. The Morgan fingerprint density at radius 2 is 1.96 bits per heavy atom. The molecule has 1 heterocycles. The molecule has 7 heteroatoms. The van der Waals surface area contributed by atoms with E-state index in [1.165, 1.54) is 11.0 Å². The Kier molecular flexibility index (Phi) is 5.29. The van der Waals surface area contributed by atoms with Crippen LogP contribution in [0.15, 0.2) is 12.1 Å². The summed E-state index contributed by atoms with van der Waals surface area (Å²) >= 11 is 0. The van der Waals surface area contributed by atoms with Crippen LogP contribution >= 0.6 is 0 Å². The molecule has 0 aromatic heterocycles. The molecule has 2 aliphatic rings. The second-order valence-electron chi connectivity index (χ2n) is 9.32. The summed E-state index contributed by atoms with van der Waals surface area (Å²) in [6.45, 7) is 12.5. The SMILES string of the molecule is CC(C)(C)[Si](C)(C)OCC1Cc2cc(OC3CN(C(=O)O)C3)cc(F)c2C1. The average molecular weight is 396 g/mol. The van der Waals surface area contributed by atoms with Gasteiger partial charge in [-0.25, -0.2) is 9.18 Å². The first-order valence-corrected chi connectivity index (χ1v) is 12.5. The zero-order valence-corrected chi connectivity index (χ0v) is 17.8. The van der Waals surface area contributed by atoms with Crippen LogP contribution in [0.2, 0.25) is 18.1 Å². The molecule has 1 aliphatic carbocycles. The van der Waals surface area contributed by atoms with E-state index in [4.69, 9.17) is 14.3 Å². The van der Waals surface area contributed by atoms with Gasteiger partial charge >= 0.3 is 6.09 Å². The zero-order chi connectivity index (χ0) is 20.0. The first kappa shape index (κ1) is 20.1. The number of hydrogen-bond acceptors (Lipinski definition) is 3. The van der Waals surface area contributed by atoms with Crippen molar-refractivity contribution in [3.05, 3.63) is 29.1 Å². The summed E-state index contributed by atoms with van der Waals surface area (Å²) in [5.74, 6) is 0.559. The van der Waals surface area contributed by atoms with E-state index < -0.39 is 14.4 Å². The second-order valence-corrected chi connectivity index (χ2v) is 14.1. The molecule has 1 saturated heterocycles. The Labute approximate surface area is 161 Å². The number of rotatable bonds is 5. The molecule has 5 nitrogen and oxygen atoms in total. The number of likely N-dealkylation sites (tertiary alicyclic amines) is 1. The third-order valence-electron chi connectivity index (χ3n) is 6.17. The van der Waals surface area contributed by atoms with E-state index in [1.807, 2.05) is 6.07 Å². The van der Waals surface area contributed by atoms with Crippen molar-refractivity contribution in [3.63, 3.8) is 0 Å². The first-order valence-electron chi connectivity index (χ1n) is 9.56. The molecule has 0 spiro atoms. The minimum atomic E-state index is -1.81. The second kappa shape index (κ2) is 7.09. The van der Waals surface area contributed by atoms with Gasteiger partial charge in [-0.05, 0) is 54.1 Å². The van der Waals surface area contributed by atoms with Crippen molar-refractivity contribution in [2.24, 2.45) is 5.92 Å². The zero-order valence-electron chi connectivity index (χ0n) is 16.8. The minimum Gasteiger partial charge on any atom is -0.487 e. The predicted octanol–water partition coefficient (Wildman–Crippen LogP) is 4.30. The number of carboxylic acid groups (broad SMARTS) is 1. The van der Waals surface area contributed by atoms with Crippen LogP contribution in [0.1, 0.15) is 31.9 Å². The van der Waals surface area contributed by atoms with Gasteiger partial charge in [-0.15, -0.1) is 0 Å². The number of fused-ring (bicyclic) bond motifs is 1. The minimum absolute atomic E-state index is 0.164. The summed E-state index contributed by atoms with van der Waals surface area (Å²) in [6.07, 6.45) is 0.355. The van der Waals surface area contributed by atoms with Crippen LogP contribution < -0.4 is 4.74 Å². The fourth-order valence-corrected chi connectivity index (χ4v) is 4.42. The van der Waals surface area contributed by atoms with Gasteiger partial charge in [0.2, 0.25) is 0 Å². The molecule has 1 aliphatic heterocycles. The van der Waals surface area contributed by atoms with Gasteiger partial charge in [0, 0.05) is 12.7 Å². The molecule has 1 fully saturated rings. The summed E-state index contributed by atoms with van der Waals surface area (Å²) < 4.78 is 26.6. The van der Waals surface area contributed by atoms with Crippen molar-refractivity contribution in [3.8, 4) is 5.75 Å². The van der Waals surface area contributed by atoms with E-state index >= 15 is 0 Å². The maximum atomic E-state index is 14.5. The fraction of sp³-hybridized carbons (Fsp3) is 0.650. The molecule has 1 atom stereocenters. The van der Waals surface area contributed by atoms with Crippen LogP contribution in [0.3, 0.4) is 0 Å². The summed E-state index contributed by atoms with van der Waals surface area (Å²) in [4.78, 5) is 12.1. The van der Waals surface area contributed by atoms with Gasteiger partial charge < -0.3 is 19.2 Å². The number of benzene rings is 1. The Morgan fingerprint density at radius 1 is 1.30 bits per heavy atom. The number of amides is 1. The third kappa shape index (κ3) is 4.29. The highest BCUT2D eigenvalue weighted by molar-refractivity contribution is 6.74. The fourth-order valence-electron chi connectivity index (χ4n) is 3.34. The van der Waals surface area contributed by atoms with Crippen LogP contribution in [-0.2, 0) is 17.3 Å². The first-order chi connectivity index (χ1) is 12.5. The van der Waals surface area contributed by atoms with Gasteiger partial charge in [0.1, 0.15) is 17.7 Å². The molecule has 150 valence electrons. The molecule has 1 aromatic rings. The summed E-state index contributed by atoms with van der Waals surface area (Å²) in [5.41, 5.74) is 1.76. The van der Waals surface area contributed by atoms with E-state index in [-0.39, 0.29) is 17.0 Å². The maximum absolute atomic E-state index is 14.5. The lowest BCUT2D eigenvalue weighted by molar-refractivity contribution is 0.0250. The molecule has 0 bridgehead atoms. The van der Waals surface area contributed by atoms with Gasteiger partial charge in [0.25, 0.3) is 0 Å². The Balaban J connectivity index is 1.59. The highest BCUT2D eigenvalue weighted by Gasteiger charge is 2.38. The highest BCUT2D eigenvalue weighted by atomic mass is 28.4. The molecule has 27 heavy (non-hydrogen) atoms. The standard InChI is InChI=1S/C20H30FNO4Si/c1-20(2,3)27(4,5)25-12-13-6-14-8-15(9-18(21)17(14)7-13)26-16-10-22(11-16)19(23)24/h8-9,13,16H,6-7,10-12H2,1-5H3,(H,23,24). The van der Waals surface area contributed by atoms with Crippen molar-refractivity contribution < 1.29 is 23.5 Å². The Morgan fingerprint density at radius 3 is 2.56 bits per heavy atom. The number of carbonyl (C=O) groups is 1. The normalized spacial score (nSPS) is 20.4. The van der Waals surface area contributed by atoms with Crippen molar-refractivity contribution in [1.82, 2.24) is 4.90 Å². The van der Waals surface area contributed by atoms with Crippen LogP contribution in [0.4, 0.5) is 9.18 Å². The number of ether oxygens (including phenoxy) is 1. The quantitative estimate of drug-likeness (QED) is 0.755. The summed E-state index contributed by atoms with van der Waals surface area (Å²) in [6, 6.07) is 3.34. The Hall–Kier alpha value is -1.60. The molecular weight excluding hydrogens is 365 g/mol. The van der Waals surface area contributed by atoms with Crippen LogP contribution in [0.25, 0.3) is 0 Å². The van der Waals surface area contributed by atoms with Crippen molar-refractivity contribution in [1.29, 1.82) is 0 Å². The molecule has 3 rings (SSSR count). The van der Waals surface area contributed by atoms with Crippen LogP contribution in [-0.4, -0.2) is 50.2 Å². The van der Waals surface area contributed by atoms with E-state index in [2.05, 4.69) is 33.9 Å². The molecule has 1 N–H and O–H groups in total. The smallest absolute Gasteiger partial charge is 0.407 e. The van der Waals surface area contributed by atoms with Crippen molar-refractivity contribution in [2.45, 2.75) is 57.8 Å². The molecule has 0 radical (unpaired) electrons. The predicted molar refractivity (Wildman–Crippen MR) is 104 cm³/mol. The molecule has 1 amide bonds. The van der Waals surface area contributed by atoms with Gasteiger partial charge in [0.15, 0.2) is 8.32 Å². The third-order valence-corrected chi connectivity index (χ3v) is 10.7. The number of hydrogen-bond donors (Lipinski definition) is 1. The monoisotopic (exact) mass is 395 g/mol. The number of halogens is 1. The van der Waals surface area contributed by atoms with Crippen LogP contribution in [0, 0.1) is 11.7 Å². The van der Waals surface area contributed by atoms with E-state index in [9.17, 15) is 9.18 Å². The van der Waals surface area contributed by atoms with Gasteiger partial charge in [0.05, 0.1) is 13.1 Å². The average Bonchev–Trinajstić information content (AvgIpc) is 2.90. The molecular formula is C20H30FNO4Si. The largest absolute Gasteiger partial charge is 0.487 e.